The zero-order valence-corrected chi connectivity index (χ0v) is 13.8. The van der Waals surface area contributed by atoms with Crippen LogP contribution in [0.5, 0.6) is 0 Å². The molecule has 0 aliphatic carbocycles. The predicted octanol–water partition coefficient (Wildman–Crippen LogP) is 4.93. The molecule has 0 aliphatic rings. The molecule has 0 aromatic carbocycles. The molecule has 12 heteroatoms. The van der Waals surface area contributed by atoms with E-state index < -0.39 is 23.7 Å². The summed E-state index contributed by atoms with van der Waals surface area (Å²) in [6.07, 6.45) is -8.85. The molecule has 2 aromatic heterocycles. The largest absolute Gasteiger partial charge is 0.433 e. The SMILES string of the molecule is Cc1cc(C(F)(F)F)nc(=S)[nH]1.Cc1cc(C(F)(F)F)nc(=S)[nH]1. The smallest absolute Gasteiger partial charge is 0.335 e. The molecule has 24 heavy (non-hydrogen) atoms. The van der Waals surface area contributed by atoms with Gasteiger partial charge in [0.05, 0.1) is 0 Å². The molecule has 0 aliphatic heterocycles. The van der Waals surface area contributed by atoms with Crippen LogP contribution < -0.4 is 0 Å². The van der Waals surface area contributed by atoms with Crippen LogP contribution in [0.2, 0.25) is 0 Å². The fourth-order valence-corrected chi connectivity index (χ4v) is 1.97. The molecule has 0 amide bonds. The third-order valence-electron chi connectivity index (χ3n) is 2.34. The van der Waals surface area contributed by atoms with Crippen molar-refractivity contribution in [3.05, 3.63) is 44.5 Å². The number of hydrogen-bond acceptors (Lipinski definition) is 4. The van der Waals surface area contributed by atoms with Gasteiger partial charge in [0.15, 0.2) is 9.54 Å². The van der Waals surface area contributed by atoms with Crippen molar-refractivity contribution in [1.82, 2.24) is 19.9 Å². The molecule has 0 radical (unpaired) electrons. The Morgan fingerprint density at radius 3 is 1.25 bits per heavy atom. The van der Waals surface area contributed by atoms with Gasteiger partial charge in [0.2, 0.25) is 0 Å². The van der Waals surface area contributed by atoms with Crippen LogP contribution >= 0.6 is 24.4 Å². The van der Waals surface area contributed by atoms with Crippen molar-refractivity contribution in [3.63, 3.8) is 0 Å². The second-order valence-corrected chi connectivity index (χ2v) is 5.28. The fraction of sp³-hybridized carbons (Fsp3) is 0.333. The second-order valence-electron chi connectivity index (χ2n) is 4.50. The topological polar surface area (TPSA) is 57.4 Å². The van der Waals surface area contributed by atoms with Gasteiger partial charge >= 0.3 is 12.4 Å². The summed E-state index contributed by atoms with van der Waals surface area (Å²) in [7, 11) is 0. The maximum absolute atomic E-state index is 12.0. The molecule has 2 heterocycles. The van der Waals surface area contributed by atoms with Crippen LogP contribution in [0.25, 0.3) is 0 Å². The molecule has 4 nitrogen and oxygen atoms in total. The lowest BCUT2D eigenvalue weighted by Crippen LogP contribution is -2.09. The lowest BCUT2D eigenvalue weighted by molar-refractivity contribution is -0.142. The van der Waals surface area contributed by atoms with Crippen LogP contribution in [0.15, 0.2) is 12.1 Å². The number of alkyl halides is 6. The maximum atomic E-state index is 12.0. The number of halogens is 6. The fourth-order valence-electron chi connectivity index (χ4n) is 1.45. The lowest BCUT2D eigenvalue weighted by atomic mass is 10.3. The summed E-state index contributed by atoms with van der Waals surface area (Å²) in [6.45, 7) is 2.99. The van der Waals surface area contributed by atoms with Crippen molar-refractivity contribution in [2.45, 2.75) is 26.2 Å². The van der Waals surface area contributed by atoms with Crippen molar-refractivity contribution in [3.8, 4) is 0 Å². The summed E-state index contributed by atoms with van der Waals surface area (Å²) in [5.74, 6) is 0. The van der Waals surface area contributed by atoms with Crippen molar-refractivity contribution >= 4 is 24.4 Å². The van der Waals surface area contributed by atoms with Crippen LogP contribution in [0.1, 0.15) is 22.8 Å². The third-order valence-corrected chi connectivity index (χ3v) is 2.73. The highest BCUT2D eigenvalue weighted by Crippen LogP contribution is 2.27. The van der Waals surface area contributed by atoms with E-state index in [9.17, 15) is 26.3 Å². The van der Waals surface area contributed by atoms with E-state index in [-0.39, 0.29) is 9.54 Å². The van der Waals surface area contributed by atoms with E-state index in [4.69, 9.17) is 0 Å². The van der Waals surface area contributed by atoms with Gasteiger partial charge in [-0.3, -0.25) is 0 Å². The number of aromatic amines is 2. The number of hydrogen-bond donors (Lipinski definition) is 2. The van der Waals surface area contributed by atoms with E-state index in [2.05, 4.69) is 44.4 Å². The molecule has 132 valence electrons. The monoisotopic (exact) mass is 388 g/mol. The first kappa shape index (κ1) is 20.2. The van der Waals surface area contributed by atoms with Crippen molar-refractivity contribution < 1.29 is 26.3 Å². The average molecular weight is 388 g/mol. The normalized spacial score (nSPS) is 11.7. The van der Waals surface area contributed by atoms with Crippen LogP contribution in [-0.2, 0) is 12.4 Å². The van der Waals surface area contributed by atoms with Gasteiger partial charge in [-0.05, 0) is 50.4 Å². The van der Waals surface area contributed by atoms with Gasteiger partial charge in [-0.25, -0.2) is 9.97 Å². The Morgan fingerprint density at radius 1 is 0.750 bits per heavy atom. The molecule has 0 atom stereocenters. The molecule has 2 rings (SSSR count). The van der Waals surface area contributed by atoms with Gasteiger partial charge in [-0.2, -0.15) is 26.3 Å². The number of rotatable bonds is 0. The Kier molecular flexibility index (Phi) is 6.22. The number of nitrogens with one attached hydrogen (secondary N) is 2. The second kappa shape index (κ2) is 7.38. The highest BCUT2D eigenvalue weighted by molar-refractivity contribution is 7.71. The summed E-state index contributed by atoms with van der Waals surface area (Å²) in [4.78, 5) is 11.3. The summed E-state index contributed by atoms with van der Waals surface area (Å²) in [5.41, 5.74) is -1.21. The molecule has 0 saturated carbocycles. The van der Waals surface area contributed by atoms with Crippen molar-refractivity contribution in [2.24, 2.45) is 0 Å². The minimum Gasteiger partial charge on any atom is -0.335 e. The molecular formula is C12H10F6N4S2. The predicted molar refractivity (Wildman–Crippen MR) is 78.3 cm³/mol. The molecule has 0 unspecified atom stereocenters. The standard InChI is InChI=1S/2C6H5F3N2S/c2*1-3-2-4(6(7,8)9)11-5(12)10-3/h2*2H,1H3,(H,10,11,12). The quantitative estimate of drug-likeness (QED) is 0.496. The first-order chi connectivity index (χ1) is 10.8. The highest BCUT2D eigenvalue weighted by atomic mass is 32.1. The van der Waals surface area contributed by atoms with Crippen LogP contribution in [0.4, 0.5) is 26.3 Å². The Bertz CT molecular complexity index is 752. The van der Waals surface area contributed by atoms with E-state index in [1.165, 1.54) is 13.8 Å². The Labute approximate surface area is 142 Å². The number of nitrogens with zero attached hydrogens (tertiary/aromatic N) is 2. The molecule has 0 fully saturated rings. The van der Waals surface area contributed by atoms with Crippen LogP contribution in [0.3, 0.4) is 0 Å². The first-order valence-corrected chi connectivity index (χ1v) is 6.91. The number of H-pyrrole nitrogens is 2. The summed E-state index contributed by atoms with van der Waals surface area (Å²) in [6, 6.07) is 1.82. The van der Waals surface area contributed by atoms with Gasteiger partial charge in [0.25, 0.3) is 0 Å². The Morgan fingerprint density at radius 2 is 1.04 bits per heavy atom. The third kappa shape index (κ3) is 6.35. The van der Waals surface area contributed by atoms with E-state index in [0.29, 0.717) is 11.4 Å². The summed E-state index contributed by atoms with van der Waals surface area (Å²) < 4.78 is 71.8. The Balaban J connectivity index is 0.000000240. The maximum Gasteiger partial charge on any atom is 0.433 e. The zero-order valence-electron chi connectivity index (χ0n) is 12.1. The summed E-state index contributed by atoms with van der Waals surface area (Å²) >= 11 is 8.98. The molecule has 2 aromatic rings. The number of aryl methyl sites for hydroxylation is 2. The molecule has 0 saturated heterocycles. The molecular weight excluding hydrogens is 378 g/mol. The first-order valence-electron chi connectivity index (χ1n) is 6.09. The van der Waals surface area contributed by atoms with Gasteiger partial charge in [0.1, 0.15) is 11.4 Å². The van der Waals surface area contributed by atoms with Gasteiger partial charge in [0, 0.05) is 11.4 Å². The van der Waals surface area contributed by atoms with E-state index in [1.54, 1.807) is 0 Å². The van der Waals surface area contributed by atoms with Gasteiger partial charge in [-0.1, -0.05) is 0 Å². The van der Waals surface area contributed by atoms with Gasteiger partial charge in [-0.15, -0.1) is 0 Å². The average Bonchev–Trinajstić information content (AvgIpc) is 2.35. The van der Waals surface area contributed by atoms with E-state index in [1.807, 2.05) is 0 Å². The van der Waals surface area contributed by atoms with Crippen LogP contribution in [0, 0.1) is 23.4 Å². The Hall–Kier alpha value is -1.82. The number of aromatic nitrogens is 4. The van der Waals surface area contributed by atoms with Gasteiger partial charge < -0.3 is 9.97 Å². The molecule has 0 spiro atoms. The van der Waals surface area contributed by atoms with E-state index >= 15 is 0 Å². The summed E-state index contributed by atoms with van der Waals surface area (Å²) in [5, 5.41) is 0. The minimum absolute atomic E-state index is 0.151. The zero-order chi connectivity index (χ0) is 18.7. The highest BCUT2D eigenvalue weighted by Gasteiger charge is 2.33. The van der Waals surface area contributed by atoms with Crippen LogP contribution in [-0.4, -0.2) is 19.9 Å². The van der Waals surface area contributed by atoms with Crippen molar-refractivity contribution in [1.29, 1.82) is 0 Å². The van der Waals surface area contributed by atoms with Crippen molar-refractivity contribution in [2.75, 3.05) is 0 Å². The molecule has 2 N–H and O–H groups in total. The minimum atomic E-state index is -4.42. The molecule has 0 bridgehead atoms. The lowest BCUT2D eigenvalue weighted by Gasteiger charge is -2.05. The van der Waals surface area contributed by atoms with E-state index in [0.717, 1.165) is 12.1 Å².